The largest absolute Gasteiger partial charge is 0.390 e. The second-order valence-electron chi connectivity index (χ2n) is 1.73. The first-order valence-electron chi connectivity index (χ1n) is 2.45. The molecule has 0 spiro atoms. The fourth-order valence-corrected chi connectivity index (χ4v) is 0.380. The van der Waals surface area contributed by atoms with E-state index in [4.69, 9.17) is 16.0 Å². The van der Waals surface area contributed by atoms with Gasteiger partial charge in [0.05, 0.1) is 12.6 Å². The van der Waals surface area contributed by atoms with Gasteiger partial charge in [-0.25, -0.2) is 0 Å². The molecule has 50 valence electrons. The maximum atomic E-state index is 8.70. The summed E-state index contributed by atoms with van der Waals surface area (Å²) in [7, 11) is 1.46. The smallest absolute Gasteiger partial charge is 0.0812 e. The maximum absolute atomic E-state index is 8.70. The van der Waals surface area contributed by atoms with Crippen molar-refractivity contribution in [2.45, 2.75) is 6.10 Å². The highest BCUT2D eigenvalue weighted by molar-refractivity contribution is 4.54. The van der Waals surface area contributed by atoms with Gasteiger partial charge < -0.3 is 16.0 Å². The standard InChI is InChI=1S/C4H12N2O2/c1-6(8)3-4(7)2-5/h4,7-8H,2-3,5H2,1H3. The molecule has 0 aliphatic rings. The number of nitrogens with two attached hydrogens (primary N) is 1. The minimum atomic E-state index is -0.620. The van der Waals surface area contributed by atoms with E-state index in [1.165, 1.54) is 7.05 Å². The van der Waals surface area contributed by atoms with Gasteiger partial charge in [-0.3, -0.25) is 0 Å². The lowest BCUT2D eigenvalue weighted by atomic mass is 10.4. The van der Waals surface area contributed by atoms with Gasteiger partial charge in [0, 0.05) is 13.6 Å². The molecule has 0 aromatic carbocycles. The van der Waals surface area contributed by atoms with Gasteiger partial charge in [0.15, 0.2) is 0 Å². The first-order valence-corrected chi connectivity index (χ1v) is 2.45. The van der Waals surface area contributed by atoms with Crippen LogP contribution < -0.4 is 5.73 Å². The highest BCUT2D eigenvalue weighted by Gasteiger charge is 2.01. The molecule has 1 atom stereocenters. The van der Waals surface area contributed by atoms with Gasteiger partial charge in [0.25, 0.3) is 0 Å². The predicted molar refractivity (Wildman–Crippen MR) is 29.5 cm³/mol. The topological polar surface area (TPSA) is 69.7 Å². The molecule has 0 radical (unpaired) electrons. The van der Waals surface area contributed by atoms with E-state index in [1.807, 2.05) is 0 Å². The summed E-state index contributed by atoms with van der Waals surface area (Å²) in [5, 5.41) is 18.1. The van der Waals surface area contributed by atoms with Crippen LogP contribution in [0.3, 0.4) is 0 Å². The molecule has 0 aliphatic heterocycles. The molecule has 4 N–H and O–H groups in total. The molecule has 4 nitrogen and oxygen atoms in total. The Morgan fingerprint density at radius 2 is 2.25 bits per heavy atom. The second-order valence-corrected chi connectivity index (χ2v) is 1.73. The van der Waals surface area contributed by atoms with Crippen LogP contribution in [-0.4, -0.2) is 41.6 Å². The van der Waals surface area contributed by atoms with E-state index < -0.39 is 6.10 Å². The zero-order chi connectivity index (χ0) is 6.57. The number of likely N-dealkylation sites (N-methyl/N-ethyl adjacent to an activating group) is 1. The van der Waals surface area contributed by atoms with Crippen molar-refractivity contribution >= 4 is 0 Å². The lowest BCUT2D eigenvalue weighted by Gasteiger charge is -2.11. The second kappa shape index (κ2) is 3.80. The number of aliphatic hydroxyl groups excluding tert-OH is 1. The van der Waals surface area contributed by atoms with E-state index in [9.17, 15) is 0 Å². The van der Waals surface area contributed by atoms with Crippen molar-refractivity contribution in [1.82, 2.24) is 5.06 Å². The Balaban J connectivity index is 3.10. The van der Waals surface area contributed by atoms with Crippen LogP contribution in [0.25, 0.3) is 0 Å². The molecule has 0 amide bonds. The number of rotatable bonds is 3. The third-order valence-corrected chi connectivity index (χ3v) is 0.747. The summed E-state index contributed by atoms with van der Waals surface area (Å²) in [6.45, 7) is 0.390. The van der Waals surface area contributed by atoms with E-state index in [0.29, 0.717) is 0 Å². The molecule has 1 unspecified atom stereocenters. The molecule has 0 rings (SSSR count). The lowest BCUT2D eigenvalue weighted by Crippen LogP contribution is -2.32. The Hall–Kier alpha value is -0.160. The molecule has 0 aliphatic carbocycles. The molecule has 8 heavy (non-hydrogen) atoms. The van der Waals surface area contributed by atoms with E-state index in [0.717, 1.165) is 5.06 Å². The average Bonchev–Trinajstić information content (AvgIpc) is 1.65. The normalized spacial score (nSPS) is 14.6. The van der Waals surface area contributed by atoms with Crippen molar-refractivity contribution in [3.8, 4) is 0 Å². The fourth-order valence-electron chi connectivity index (χ4n) is 0.380. The zero-order valence-electron chi connectivity index (χ0n) is 4.91. The average molecular weight is 120 g/mol. The minimum Gasteiger partial charge on any atom is -0.390 e. The molecule has 0 fully saturated rings. The Labute approximate surface area is 48.5 Å². The van der Waals surface area contributed by atoms with Gasteiger partial charge in [-0.15, -0.1) is 0 Å². The predicted octanol–water partition coefficient (Wildman–Crippen LogP) is -1.37. The number of hydrogen-bond acceptors (Lipinski definition) is 4. The van der Waals surface area contributed by atoms with Crippen molar-refractivity contribution < 1.29 is 10.3 Å². The van der Waals surface area contributed by atoms with Gasteiger partial charge in [0.2, 0.25) is 0 Å². The third kappa shape index (κ3) is 4.01. The van der Waals surface area contributed by atoms with Gasteiger partial charge in [-0.1, -0.05) is 0 Å². The summed E-state index contributed by atoms with van der Waals surface area (Å²) in [5.41, 5.74) is 5.03. The van der Waals surface area contributed by atoms with Gasteiger partial charge >= 0.3 is 0 Å². The van der Waals surface area contributed by atoms with Crippen LogP contribution in [-0.2, 0) is 0 Å². The summed E-state index contributed by atoms with van der Waals surface area (Å²) in [6.07, 6.45) is -0.620. The molecule has 4 heteroatoms. The Bertz CT molecular complexity index is 58.0. The maximum Gasteiger partial charge on any atom is 0.0812 e. The first-order chi connectivity index (χ1) is 3.66. The summed E-state index contributed by atoms with van der Waals surface area (Å²) < 4.78 is 0. The van der Waals surface area contributed by atoms with Crippen molar-refractivity contribution in [2.75, 3.05) is 20.1 Å². The third-order valence-electron chi connectivity index (χ3n) is 0.747. The van der Waals surface area contributed by atoms with Crippen LogP contribution in [0.4, 0.5) is 0 Å². The highest BCUT2D eigenvalue weighted by Crippen LogP contribution is 1.79. The molecule has 0 heterocycles. The van der Waals surface area contributed by atoms with E-state index in [2.05, 4.69) is 0 Å². The number of hydrogen-bond donors (Lipinski definition) is 3. The van der Waals surface area contributed by atoms with Gasteiger partial charge in [-0.05, 0) is 0 Å². The molecule has 0 bridgehead atoms. The zero-order valence-corrected chi connectivity index (χ0v) is 4.91. The van der Waals surface area contributed by atoms with Crippen molar-refractivity contribution in [2.24, 2.45) is 5.73 Å². The minimum absolute atomic E-state index is 0.185. The monoisotopic (exact) mass is 120 g/mol. The number of aliphatic hydroxyl groups is 1. The van der Waals surface area contributed by atoms with Gasteiger partial charge in [0.1, 0.15) is 0 Å². The molecule has 0 aromatic heterocycles. The van der Waals surface area contributed by atoms with E-state index in [-0.39, 0.29) is 13.1 Å². The number of hydroxylamine groups is 2. The van der Waals surface area contributed by atoms with Crippen molar-refractivity contribution in [1.29, 1.82) is 0 Å². The van der Waals surface area contributed by atoms with E-state index >= 15 is 0 Å². The Morgan fingerprint density at radius 1 is 1.75 bits per heavy atom. The molecule has 0 saturated carbocycles. The van der Waals surface area contributed by atoms with Crippen LogP contribution in [0.15, 0.2) is 0 Å². The SMILES string of the molecule is CN(O)CC(O)CN. The highest BCUT2D eigenvalue weighted by atomic mass is 16.5. The summed E-state index contributed by atoms with van der Waals surface area (Å²) in [4.78, 5) is 0. The summed E-state index contributed by atoms with van der Waals surface area (Å²) >= 11 is 0. The summed E-state index contributed by atoms with van der Waals surface area (Å²) in [6, 6.07) is 0. The van der Waals surface area contributed by atoms with Crippen LogP contribution in [0, 0.1) is 0 Å². The quantitative estimate of drug-likeness (QED) is 0.402. The van der Waals surface area contributed by atoms with Crippen LogP contribution in [0.2, 0.25) is 0 Å². The molecular weight excluding hydrogens is 108 g/mol. The van der Waals surface area contributed by atoms with Crippen molar-refractivity contribution in [3.63, 3.8) is 0 Å². The Morgan fingerprint density at radius 3 is 2.38 bits per heavy atom. The molecule has 0 aromatic rings. The lowest BCUT2D eigenvalue weighted by molar-refractivity contribution is -0.0881. The van der Waals surface area contributed by atoms with Gasteiger partial charge in [-0.2, -0.15) is 5.06 Å². The summed E-state index contributed by atoms with van der Waals surface area (Å²) in [5.74, 6) is 0. The molecule has 0 saturated heterocycles. The fraction of sp³-hybridized carbons (Fsp3) is 1.00. The van der Waals surface area contributed by atoms with Crippen molar-refractivity contribution in [3.05, 3.63) is 0 Å². The van der Waals surface area contributed by atoms with E-state index in [1.54, 1.807) is 0 Å². The van der Waals surface area contributed by atoms with Crippen LogP contribution in [0.5, 0.6) is 0 Å². The van der Waals surface area contributed by atoms with Crippen LogP contribution >= 0.6 is 0 Å². The Kier molecular flexibility index (Phi) is 3.72. The molecular formula is C4H12N2O2. The number of nitrogens with zero attached hydrogens (tertiary/aromatic N) is 1. The van der Waals surface area contributed by atoms with Crippen LogP contribution in [0.1, 0.15) is 0 Å². The first kappa shape index (κ1) is 7.84.